The molecule has 0 bridgehead atoms. The summed E-state index contributed by atoms with van der Waals surface area (Å²) in [6, 6.07) is 51.7. The van der Waals surface area contributed by atoms with E-state index in [1.54, 1.807) is 49.3 Å². The number of phenols is 2. The van der Waals surface area contributed by atoms with Gasteiger partial charge in [-0.15, -0.1) is 0 Å². The van der Waals surface area contributed by atoms with E-state index in [2.05, 4.69) is 169 Å². The third-order valence-electron chi connectivity index (χ3n) is 21.3. The Morgan fingerprint density at radius 2 is 0.971 bits per heavy atom. The number of nitriles is 1. The first kappa shape index (κ1) is 78.7. The Kier molecular flexibility index (Phi) is 22.9. The number of aromatic nitrogens is 6. The summed E-state index contributed by atoms with van der Waals surface area (Å²) in [6.45, 7) is 22.9. The molecule has 0 atom stereocenters. The zero-order valence-corrected chi connectivity index (χ0v) is 71.5. The molecule has 13 nitrogen and oxygen atoms in total. The molecule has 23 heteroatoms. The summed E-state index contributed by atoms with van der Waals surface area (Å²) >= 11 is 0. The summed E-state index contributed by atoms with van der Waals surface area (Å²) in [5.74, 6) is 1.79. The SMILES string of the molecule is COc1c[nH+]c2c(c1)[Si](C)(C)c1cccc([O-])c1-2.C[Si]1(C)c2cc(-c3ccccc3)cnc2-c2c(O)cccc21.C[Si]1(C)c2cc(C#N)c[nH+]c2-c2c([O-])ccnc21.C[Si]1(C)c2cccc(O)c2-c2ncc3ccccc3c21.C[Si]1(C)c2cccc([O-])c2-c2[nH+]cc3c(c21)CCCC3.[Be+2].[Be+2].[Be+2].[Zn].[Zn]. The molecule has 5 aliphatic heterocycles. The Hall–Kier alpha value is -8.39. The number of nitrogens with zero attached hydrogens (tertiary/aromatic N) is 4. The molecule has 6 aromatic carbocycles. The normalized spacial score (nSPS) is 14.8. The van der Waals surface area contributed by atoms with Crippen molar-refractivity contribution in [2.75, 3.05) is 7.11 Å². The van der Waals surface area contributed by atoms with Crippen molar-refractivity contribution in [1.82, 2.24) is 15.0 Å². The number of phenolic OH excluding ortho intramolecular Hbond substituents is 2. The summed E-state index contributed by atoms with van der Waals surface area (Å²) in [5, 5.41) is 80.9. The molecular weight excluding hydrogens is 1450 g/mol. The summed E-state index contributed by atoms with van der Waals surface area (Å²) in [4.78, 5) is 23.6. The molecule has 492 valence electrons. The number of rotatable bonds is 2. The number of H-pyrrole nitrogens is 3. The molecule has 0 fully saturated rings. The van der Waals surface area contributed by atoms with Crippen molar-refractivity contribution in [2.45, 2.75) is 91.2 Å². The van der Waals surface area contributed by atoms with E-state index < -0.39 is 40.4 Å². The monoisotopic (exact) mass is 1530 g/mol. The molecule has 0 saturated heterocycles. The Labute approximate surface area is 644 Å². The molecule has 0 radical (unpaired) electrons. The largest absolute Gasteiger partial charge is 2.00 e. The zero-order valence-electron chi connectivity index (χ0n) is 60.6. The van der Waals surface area contributed by atoms with Gasteiger partial charge in [0.05, 0.1) is 24.1 Å². The Balaban J connectivity index is 0.000000148. The number of benzene rings is 6. The molecule has 1 aliphatic carbocycles. The van der Waals surface area contributed by atoms with Gasteiger partial charge in [-0.2, -0.15) is 5.26 Å². The number of ether oxygens (including phenoxy) is 1. The number of hydrogen-bond acceptors (Lipinski definition) is 10. The minimum Gasteiger partial charge on any atom is -0.872 e. The van der Waals surface area contributed by atoms with Gasteiger partial charge in [0.25, 0.3) is 0 Å². The van der Waals surface area contributed by atoms with E-state index in [9.17, 15) is 25.5 Å². The first-order valence-corrected chi connectivity index (χ1v) is 48.4. The van der Waals surface area contributed by atoms with Gasteiger partial charge >= 0.3 is 30.4 Å². The quantitative estimate of drug-likeness (QED) is 0.188. The summed E-state index contributed by atoms with van der Waals surface area (Å²) < 4.78 is 5.27. The maximum Gasteiger partial charge on any atom is 2.00 e. The predicted octanol–water partition coefficient (Wildman–Crippen LogP) is 6.14. The van der Waals surface area contributed by atoms with Crippen molar-refractivity contribution in [3.05, 3.63) is 206 Å². The van der Waals surface area contributed by atoms with E-state index in [-0.39, 0.29) is 86.6 Å². The second-order valence-electron chi connectivity index (χ2n) is 28.8. The van der Waals surface area contributed by atoms with E-state index >= 15 is 0 Å². The van der Waals surface area contributed by atoms with Gasteiger partial charge in [0.1, 0.15) is 63.5 Å². The van der Waals surface area contributed by atoms with E-state index in [0.29, 0.717) is 22.6 Å². The maximum atomic E-state index is 12.3. The number of pyridine rings is 6. The van der Waals surface area contributed by atoms with Crippen molar-refractivity contribution in [3.8, 4) is 108 Å². The van der Waals surface area contributed by atoms with E-state index in [4.69, 9.17) is 15.0 Å². The molecule has 6 aliphatic rings. The molecule has 12 aromatic rings. The van der Waals surface area contributed by atoms with Crippen LogP contribution in [0.15, 0.2) is 189 Å². The van der Waals surface area contributed by atoms with Crippen molar-refractivity contribution < 1.29 is 84.2 Å². The van der Waals surface area contributed by atoms with Crippen LogP contribution in [0.4, 0.5) is 0 Å². The first-order chi connectivity index (χ1) is 46.9. The average Bonchev–Trinajstić information content (AvgIpc) is 1.60. The Morgan fingerprint density at radius 3 is 1.63 bits per heavy atom. The molecular formula is C80H77Be3N7O6Si5Zn2+6. The van der Waals surface area contributed by atoms with Crippen LogP contribution >= 0.6 is 0 Å². The topological polar surface area (TPSA) is 224 Å². The first-order valence-electron chi connectivity index (χ1n) is 33.4. The third-order valence-corrected chi connectivity index (χ3v) is 38.7. The minimum atomic E-state index is -1.95. The van der Waals surface area contributed by atoms with E-state index in [0.717, 1.165) is 72.5 Å². The molecule has 0 amide bonds. The van der Waals surface area contributed by atoms with Crippen LogP contribution in [0.2, 0.25) is 65.5 Å². The van der Waals surface area contributed by atoms with Gasteiger partial charge in [0.2, 0.25) is 23.3 Å². The molecule has 18 rings (SSSR count). The number of hydrogen-bond donors (Lipinski definition) is 2. The van der Waals surface area contributed by atoms with Gasteiger partial charge in [-0.05, 0) is 109 Å². The molecule has 0 unspecified atom stereocenters. The number of fused-ring (bicyclic) bond motifs is 19. The van der Waals surface area contributed by atoms with Crippen molar-refractivity contribution in [3.63, 3.8) is 0 Å². The van der Waals surface area contributed by atoms with Gasteiger partial charge in [0.15, 0.2) is 18.1 Å². The molecule has 5 N–H and O–H groups in total. The Bertz CT molecular complexity index is 5340. The molecule has 6 aromatic heterocycles. The van der Waals surface area contributed by atoms with Gasteiger partial charge < -0.3 is 30.3 Å². The van der Waals surface area contributed by atoms with Crippen LogP contribution in [0.3, 0.4) is 0 Å². The van der Waals surface area contributed by atoms with Crippen LogP contribution in [-0.2, 0) is 51.8 Å². The van der Waals surface area contributed by atoms with Crippen LogP contribution < -0.4 is 87.0 Å². The van der Waals surface area contributed by atoms with Crippen molar-refractivity contribution >= 4 is 134 Å². The van der Waals surface area contributed by atoms with Gasteiger partial charge in [-0.1, -0.05) is 210 Å². The summed E-state index contributed by atoms with van der Waals surface area (Å²) in [7, 11) is -7.39. The van der Waals surface area contributed by atoms with Crippen LogP contribution in [0, 0.1) is 11.3 Å². The second-order valence-corrected chi connectivity index (χ2v) is 50.3. The van der Waals surface area contributed by atoms with Crippen LogP contribution in [0.1, 0.15) is 29.5 Å². The number of aromatic hydroxyl groups is 2. The number of nitrogens with one attached hydrogen (secondary N) is 3. The summed E-state index contributed by atoms with van der Waals surface area (Å²) in [5.41, 5.74) is 15.2. The standard InChI is InChI=1S/C19H17NOSi.C17H19NOSi.C17H15NOSi.C14H15NO2Si.C13H11N3OSi.3Be.2Zn/c1-22(2)16-10-6-9-15(21)18(16)19-17(22)11-14(12-20-19)13-7-4-3-5-8-13;2*1-20(2)14-9-5-8-13(19)15(14)16-17(20)12-7-4-3-6-11(12)10-18-16;1-17-9-7-12-14(15-8-9)13-10(16)5-4-6-11(13)18(12,2)3;1-18(2)10-5-8(6-14)7-16-12(10)11-9(17)3-4-15-13(11)18;;;;;/h3-12,21H,1-2H3;5,8-10,19H,3-4,6-7H2,1-2H3;3-10,19H,1-2H3;4-8,16H,1-3H3;3-5,7H,1-2H3,(H,15,17);;;;;/q;;;;;3*+2;;. The molecule has 0 saturated carbocycles. The van der Waals surface area contributed by atoms with Gasteiger partial charge in [0, 0.05) is 106 Å². The Morgan fingerprint density at radius 1 is 0.456 bits per heavy atom. The minimum absolute atomic E-state index is 0. The molecule has 0 spiro atoms. The fourth-order valence-corrected chi connectivity index (χ4v) is 31.9. The number of aryl methyl sites for hydroxylation is 1. The maximum absolute atomic E-state index is 12.3. The zero-order chi connectivity index (χ0) is 69.0. The predicted molar refractivity (Wildman–Crippen MR) is 416 cm³/mol. The fourth-order valence-electron chi connectivity index (χ4n) is 16.2. The third kappa shape index (κ3) is 13.1. The van der Waals surface area contributed by atoms with Gasteiger partial charge in [-0.3, -0.25) is 15.0 Å². The second kappa shape index (κ2) is 30.0. The van der Waals surface area contributed by atoms with E-state index in [1.807, 2.05) is 73.2 Å². The van der Waals surface area contributed by atoms with Crippen LogP contribution in [0.25, 0.3) is 78.2 Å². The smallest absolute Gasteiger partial charge is 0.872 e. The molecule has 11 heterocycles. The van der Waals surface area contributed by atoms with Crippen molar-refractivity contribution in [1.29, 1.82) is 5.26 Å². The van der Waals surface area contributed by atoms with E-state index in [1.165, 1.54) is 95.1 Å². The van der Waals surface area contributed by atoms with Crippen molar-refractivity contribution in [2.24, 2.45) is 0 Å². The van der Waals surface area contributed by atoms with Crippen LogP contribution in [0.5, 0.6) is 34.5 Å². The number of aromatic amines is 3. The molecule has 103 heavy (non-hydrogen) atoms. The fraction of sp³-hybridized carbons (Fsp3) is 0.188. The van der Waals surface area contributed by atoms with Crippen LogP contribution in [-0.4, -0.2) is 103 Å². The average molecular weight is 1530 g/mol. The number of methoxy groups -OCH3 is 1. The van der Waals surface area contributed by atoms with Gasteiger partial charge in [-0.25, -0.2) is 15.0 Å². The summed E-state index contributed by atoms with van der Waals surface area (Å²) in [6.07, 6.45) is 16.0.